The van der Waals surface area contributed by atoms with Crippen molar-refractivity contribution in [3.8, 4) is 6.07 Å². The van der Waals surface area contributed by atoms with Crippen LogP contribution in [0.4, 0.5) is 5.00 Å². The summed E-state index contributed by atoms with van der Waals surface area (Å²) in [5.41, 5.74) is 0.672. The predicted octanol–water partition coefficient (Wildman–Crippen LogP) is 3.74. The molecule has 0 unspecified atom stereocenters. The van der Waals surface area contributed by atoms with Gasteiger partial charge in [-0.05, 0) is 43.5 Å². The number of nitriles is 1. The molecule has 156 valence electrons. The molecule has 1 aromatic heterocycles. The molecule has 29 heavy (non-hydrogen) atoms. The second-order valence-electron chi connectivity index (χ2n) is 7.03. The molecule has 0 aromatic carbocycles. The molecule has 1 aliphatic rings. The van der Waals surface area contributed by atoms with E-state index in [2.05, 4.69) is 24.8 Å². The third-order valence-corrected chi connectivity index (χ3v) is 6.02. The standard InChI is InChI=1S/C22H29N3O3S/c1-4-6-10-24(11-7-5-2)20-9-8-17(29-20)14-18-16(3)19(15-23)22(28)25(12-13-26)21(18)27/h8-9,14,26H,4-7,10-13H2,1-3H3/b18-14-. The van der Waals surface area contributed by atoms with Gasteiger partial charge in [-0.3, -0.25) is 14.5 Å². The molecule has 0 spiro atoms. The fourth-order valence-electron chi connectivity index (χ4n) is 3.19. The Morgan fingerprint density at radius 2 is 1.83 bits per heavy atom. The Labute approximate surface area is 176 Å². The minimum absolute atomic E-state index is 0.0476. The molecule has 7 heteroatoms. The molecule has 0 saturated heterocycles. The summed E-state index contributed by atoms with van der Waals surface area (Å²) in [4.78, 5) is 29.4. The van der Waals surface area contributed by atoms with E-state index in [-0.39, 0.29) is 18.7 Å². The van der Waals surface area contributed by atoms with Crippen LogP contribution in [0, 0.1) is 11.3 Å². The average Bonchev–Trinajstić information content (AvgIpc) is 3.17. The van der Waals surface area contributed by atoms with E-state index in [0.29, 0.717) is 11.1 Å². The number of carbonyl (C=O) groups is 2. The van der Waals surface area contributed by atoms with Crippen molar-refractivity contribution < 1.29 is 14.7 Å². The number of hydrogen-bond acceptors (Lipinski definition) is 6. The van der Waals surface area contributed by atoms with Gasteiger partial charge < -0.3 is 10.0 Å². The lowest BCUT2D eigenvalue weighted by Gasteiger charge is -2.26. The lowest BCUT2D eigenvalue weighted by atomic mass is 9.95. The van der Waals surface area contributed by atoms with Gasteiger partial charge in [-0.15, -0.1) is 11.3 Å². The average molecular weight is 416 g/mol. The van der Waals surface area contributed by atoms with Crippen LogP contribution in [-0.2, 0) is 9.59 Å². The van der Waals surface area contributed by atoms with Crippen LogP contribution in [-0.4, -0.2) is 48.1 Å². The minimum Gasteiger partial charge on any atom is -0.395 e. The second-order valence-corrected chi connectivity index (χ2v) is 8.12. The van der Waals surface area contributed by atoms with E-state index >= 15 is 0 Å². The smallest absolute Gasteiger partial charge is 0.271 e. The summed E-state index contributed by atoms with van der Waals surface area (Å²) in [6.07, 6.45) is 6.27. The zero-order valence-electron chi connectivity index (χ0n) is 17.4. The highest BCUT2D eigenvalue weighted by molar-refractivity contribution is 7.17. The number of anilines is 1. The monoisotopic (exact) mass is 415 g/mol. The van der Waals surface area contributed by atoms with Crippen molar-refractivity contribution in [2.24, 2.45) is 0 Å². The van der Waals surface area contributed by atoms with Crippen molar-refractivity contribution in [3.05, 3.63) is 33.7 Å². The van der Waals surface area contributed by atoms with Gasteiger partial charge in [-0.25, -0.2) is 0 Å². The zero-order chi connectivity index (χ0) is 21.4. The highest BCUT2D eigenvalue weighted by Crippen LogP contribution is 2.32. The Kier molecular flexibility index (Phi) is 8.62. The molecule has 6 nitrogen and oxygen atoms in total. The van der Waals surface area contributed by atoms with Crippen molar-refractivity contribution in [3.63, 3.8) is 0 Å². The Morgan fingerprint density at radius 3 is 2.38 bits per heavy atom. The number of hydrogen-bond donors (Lipinski definition) is 1. The van der Waals surface area contributed by atoms with E-state index in [4.69, 9.17) is 0 Å². The van der Waals surface area contributed by atoms with Crippen LogP contribution < -0.4 is 4.90 Å². The molecule has 0 fully saturated rings. The van der Waals surface area contributed by atoms with Crippen molar-refractivity contribution in [2.75, 3.05) is 31.1 Å². The van der Waals surface area contributed by atoms with Crippen LogP contribution >= 0.6 is 11.3 Å². The van der Waals surface area contributed by atoms with Gasteiger partial charge in [0.05, 0.1) is 18.2 Å². The summed E-state index contributed by atoms with van der Waals surface area (Å²) in [5.74, 6) is -1.11. The van der Waals surface area contributed by atoms with Crippen molar-refractivity contribution in [1.82, 2.24) is 4.90 Å². The Morgan fingerprint density at radius 1 is 1.17 bits per heavy atom. The zero-order valence-corrected chi connectivity index (χ0v) is 18.2. The molecule has 0 saturated carbocycles. The van der Waals surface area contributed by atoms with Crippen molar-refractivity contribution in [1.29, 1.82) is 5.26 Å². The predicted molar refractivity (Wildman–Crippen MR) is 116 cm³/mol. The summed E-state index contributed by atoms with van der Waals surface area (Å²) in [5, 5.41) is 19.7. The first-order valence-corrected chi connectivity index (χ1v) is 10.9. The molecular weight excluding hydrogens is 386 g/mol. The Bertz CT molecular complexity index is 840. The number of imide groups is 1. The van der Waals surface area contributed by atoms with E-state index in [0.717, 1.165) is 53.6 Å². The molecular formula is C22H29N3O3S. The number of carbonyl (C=O) groups excluding carboxylic acids is 2. The number of aliphatic hydroxyl groups is 1. The third kappa shape index (κ3) is 5.34. The number of rotatable bonds is 10. The second kappa shape index (κ2) is 10.9. The first kappa shape index (κ1) is 22.9. The highest BCUT2D eigenvalue weighted by Gasteiger charge is 2.35. The fourth-order valence-corrected chi connectivity index (χ4v) is 4.20. The maximum absolute atomic E-state index is 12.8. The molecule has 1 aliphatic heterocycles. The molecule has 2 heterocycles. The van der Waals surface area contributed by atoms with Gasteiger partial charge in [0, 0.05) is 23.5 Å². The van der Waals surface area contributed by atoms with Gasteiger partial charge in [0.25, 0.3) is 11.8 Å². The molecule has 0 atom stereocenters. The van der Waals surface area contributed by atoms with Crippen molar-refractivity contribution >= 4 is 34.2 Å². The van der Waals surface area contributed by atoms with Crippen LogP contribution in [0.1, 0.15) is 51.3 Å². The Hall–Kier alpha value is -2.43. The van der Waals surface area contributed by atoms with Gasteiger partial charge in [0.15, 0.2) is 0 Å². The van der Waals surface area contributed by atoms with E-state index in [1.807, 2.05) is 12.1 Å². The number of nitrogens with zero attached hydrogens (tertiary/aromatic N) is 3. The number of aliphatic hydroxyl groups excluding tert-OH is 1. The van der Waals surface area contributed by atoms with Crippen LogP contribution in [0.2, 0.25) is 0 Å². The normalized spacial score (nSPS) is 16.0. The van der Waals surface area contributed by atoms with Gasteiger partial charge in [0.2, 0.25) is 0 Å². The van der Waals surface area contributed by atoms with Crippen molar-refractivity contribution in [2.45, 2.75) is 46.5 Å². The van der Waals surface area contributed by atoms with E-state index < -0.39 is 11.8 Å². The summed E-state index contributed by atoms with van der Waals surface area (Å²) in [7, 11) is 0. The topological polar surface area (TPSA) is 84.6 Å². The highest BCUT2D eigenvalue weighted by atomic mass is 32.1. The van der Waals surface area contributed by atoms with Gasteiger partial charge >= 0.3 is 0 Å². The lowest BCUT2D eigenvalue weighted by Crippen LogP contribution is -2.44. The van der Waals surface area contributed by atoms with E-state index in [1.54, 1.807) is 24.3 Å². The maximum Gasteiger partial charge on any atom is 0.271 e. The van der Waals surface area contributed by atoms with Gasteiger partial charge in [-0.2, -0.15) is 5.26 Å². The molecule has 2 amide bonds. The summed E-state index contributed by atoms with van der Waals surface area (Å²) >= 11 is 1.60. The first-order chi connectivity index (χ1) is 14.0. The molecule has 2 rings (SSSR count). The maximum atomic E-state index is 12.8. The largest absolute Gasteiger partial charge is 0.395 e. The third-order valence-electron chi connectivity index (χ3n) is 4.92. The number of β-amino-alcohol motifs (C(OH)–C–C–N with tert-alkyl or cyclic N) is 1. The molecule has 0 aliphatic carbocycles. The first-order valence-electron chi connectivity index (χ1n) is 10.1. The number of thiophene rings is 1. The molecule has 1 aromatic rings. The Balaban J connectivity index is 2.37. The number of unbranched alkanes of at least 4 members (excludes halogenated alkanes) is 2. The van der Waals surface area contributed by atoms with Crippen LogP contribution in [0.15, 0.2) is 28.9 Å². The summed E-state index contributed by atoms with van der Waals surface area (Å²) in [6.45, 7) is 7.53. The van der Waals surface area contributed by atoms with Crippen LogP contribution in [0.25, 0.3) is 6.08 Å². The van der Waals surface area contributed by atoms with Crippen LogP contribution in [0.5, 0.6) is 0 Å². The molecule has 0 radical (unpaired) electrons. The quantitative estimate of drug-likeness (QED) is 0.465. The molecule has 1 N–H and O–H groups in total. The van der Waals surface area contributed by atoms with Gasteiger partial charge in [0.1, 0.15) is 11.6 Å². The minimum atomic E-state index is -0.640. The van der Waals surface area contributed by atoms with Gasteiger partial charge in [-0.1, -0.05) is 26.7 Å². The van der Waals surface area contributed by atoms with E-state index in [1.165, 1.54) is 0 Å². The summed E-state index contributed by atoms with van der Waals surface area (Å²) in [6, 6.07) is 5.94. The SMILES string of the molecule is CCCCN(CCCC)c1ccc(/C=C2\C(=O)N(CCO)C(=O)C(C#N)=C2C)s1. The lowest BCUT2D eigenvalue weighted by molar-refractivity contribution is -0.140. The number of amides is 2. The van der Waals surface area contributed by atoms with E-state index in [9.17, 15) is 20.0 Å². The fraction of sp³-hybridized carbons (Fsp3) is 0.500. The molecule has 0 bridgehead atoms. The van der Waals surface area contributed by atoms with Crippen LogP contribution in [0.3, 0.4) is 0 Å². The summed E-state index contributed by atoms with van der Waals surface area (Å²) < 4.78 is 0.